The number of carboxylic acids is 1. The van der Waals surface area contributed by atoms with E-state index in [9.17, 15) is 13.6 Å². The summed E-state index contributed by atoms with van der Waals surface area (Å²) in [6.45, 7) is 4.96. The number of rotatable bonds is 2. The molecule has 0 amide bonds. The summed E-state index contributed by atoms with van der Waals surface area (Å²) < 4.78 is 26.5. The normalized spacial score (nSPS) is 11.5. The lowest BCUT2D eigenvalue weighted by atomic mass is 9.97. The van der Waals surface area contributed by atoms with Gasteiger partial charge in [-0.25, -0.2) is 4.79 Å². The number of hydrogen-bond donors (Lipinski definition) is 1. The second kappa shape index (κ2) is 3.61. The van der Waals surface area contributed by atoms with Crippen molar-refractivity contribution >= 4 is 5.97 Å². The molecule has 0 atom stereocenters. The van der Waals surface area contributed by atoms with Gasteiger partial charge in [-0.3, -0.25) is 0 Å². The summed E-state index contributed by atoms with van der Waals surface area (Å²) in [5.74, 6) is -5.93. The Morgan fingerprint density at radius 1 is 1.13 bits per heavy atom. The summed E-state index contributed by atoms with van der Waals surface area (Å²) in [4.78, 5) is 10.4. The van der Waals surface area contributed by atoms with Crippen molar-refractivity contribution in [1.82, 2.24) is 0 Å². The molecule has 15 heavy (non-hydrogen) atoms. The van der Waals surface area contributed by atoms with Crippen molar-refractivity contribution in [1.29, 1.82) is 0 Å². The van der Waals surface area contributed by atoms with E-state index >= 15 is 0 Å². The van der Waals surface area contributed by atoms with E-state index in [0.29, 0.717) is 11.1 Å². The Kier molecular flexibility index (Phi) is 2.79. The maximum Gasteiger partial charge on any atom is 0.379 e. The molecule has 0 saturated carbocycles. The van der Waals surface area contributed by atoms with Crippen LogP contribution in [0.4, 0.5) is 8.78 Å². The summed E-state index contributed by atoms with van der Waals surface area (Å²) in [7, 11) is 0. The van der Waals surface area contributed by atoms with Gasteiger partial charge in [0.15, 0.2) is 0 Å². The Hall–Kier alpha value is -1.45. The van der Waals surface area contributed by atoms with E-state index in [1.807, 2.05) is 0 Å². The monoisotopic (exact) mass is 214 g/mol. The summed E-state index contributed by atoms with van der Waals surface area (Å²) >= 11 is 0. The highest BCUT2D eigenvalue weighted by atomic mass is 19.3. The van der Waals surface area contributed by atoms with Crippen molar-refractivity contribution in [3.63, 3.8) is 0 Å². The molecule has 2 nitrogen and oxygen atoms in total. The summed E-state index contributed by atoms with van der Waals surface area (Å²) in [5, 5.41) is 8.43. The van der Waals surface area contributed by atoms with Crippen LogP contribution in [0.25, 0.3) is 0 Å². The maximum absolute atomic E-state index is 13.3. The van der Waals surface area contributed by atoms with Gasteiger partial charge in [-0.05, 0) is 43.5 Å². The Morgan fingerprint density at radius 2 is 1.60 bits per heavy atom. The smallest absolute Gasteiger partial charge is 0.379 e. The van der Waals surface area contributed by atoms with Crippen LogP contribution in [0.5, 0.6) is 0 Å². The second-order valence-corrected chi connectivity index (χ2v) is 3.63. The summed E-state index contributed by atoms with van der Waals surface area (Å²) in [6.07, 6.45) is 0. The van der Waals surface area contributed by atoms with Gasteiger partial charge in [0, 0.05) is 5.56 Å². The first-order valence-corrected chi connectivity index (χ1v) is 4.46. The first-order chi connectivity index (χ1) is 6.76. The number of carbonyl (C=O) groups is 1. The molecular weight excluding hydrogens is 202 g/mol. The van der Waals surface area contributed by atoms with Crippen molar-refractivity contribution in [3.05, 3.63) is 34.4 Å². The lowest BCUT2D eigenvalue weighted by Gasteiger charge is -2.16. The molecule has 1 aromatic rings. The van der Waals surface area contributed by atoms with Gasteiger partial charge in [0.25, 0.3) is 0 Å². The van der Waals surface area contributed by atoms with Crippen molar-refractivity contribution in [2.75, 3.05) is 0 Å². The molecule has 0 bridgehead atoms. The molecule has 1 N–H and O–H groups in total. The third-order valence-electron chi connectivity index (χ3n) is 2.45. The quantitative estimate of drug-likeness (QED) is 0.821. The van der Waals surface area contributed by atoms with Crippen molar-refractivity contribution in [2.24, 2.45) is 0 Å². The Balaban J connectivity index is 3.38. The third-order valence-corrected chi connectivity index (χ3v) is 2.45. The molecule has 0 spiro atoms. The Bertz CT molecular complexity index is 411. The third kappa shape index (κ3) is 1.98. The van der Waals surface area contributed by atoms with E-state index in [-0.39, 0.29) is 0 Å². The van der Waals surface area contributed by atoms with E-state index in [0.717, 1.165) is 5.56 Å². The predicted octanol–water partition coefficient (Wildman–Crippen LogP) is 2.79. The van der Waals surface area contributed by atoms with Gasteiger partial charge in [0.05, 0.1) is 0 Å². The summed E-state index contributed by atoms with van der Waals surface area (Å²) in [6, 6.07) is 2.81. The molecule has 0 unspecified atom stereocenters. The van der Waals surface area contributed by atoms with E-state index in [4.69, 9.17) is 5.11 Å². The molecule has 0 heterocycles. The van der Waals surface area contributed by atoms with Gasteiger partial charge in [-0.2, -0.15) is 8.78 Å². The zero-order valence-electron chi connectivity index (χ0n) is 8.77. The minimum atomic E-state index is -3.82. The van der Waals surface area contributed by atoms with Gasteiger partial charge in [-0.15, -0.1) is 0 Å². The van der Waals surface area contributed by atoms with Crippen LogP contribution < -0.4 is 0 Å². The van der Waals surface area contributed by atoms with Crippen LogP contribution in [0.2, 0.25) is 0 Å². The van der Waals surface area contributed by atoms with Gasteiger partial charge in [0.2, 0.25) is 0 Å². The van der Waals surface area contributed by atoms with E-state index in [2.05, 4.69) is 0 Å². The molecule has 0 radical (unpaired) electrons. The lowest BCUT2D eigenvalue weighted by Crippen LogP contribution is -2.26. The average molecular weight is 214 g/mol. The number of halogens is 2. The SMILES string of the molecule is Cc1cc(C)c(C(F)(F)C(=O)O)cc1C. The van der Waals surface area contributed by atoms with Gasteiger partial charge >= 0.3 is 11.9 Å². The Morgan fingerprint density at radius 3 is 2.07 bits per heavy atom. The molecule has 1 aromatic carbocycles. The first kappa shape index (κ1) is 11.6. The van der Waals surface area contributed by atoms with Crippen LogP contribution in [-0.4, -0.2) is 11.1 Å². The Labute approximate surface area is 86.5 Å². The highest BCUT2D eigenvalue weighted by Crippen LogP contribution is 2.32. The van der Waals surface area contributed by atoms with Crippen LogP contribution in [0, 0.1) is 20.8 Å². The maximum atomic E-state index is 13.3. The van der Waals surface area contributed by atoms with Gasteiger partial charge in [-0.1, -0.05) is 6.07 Å². The largest absolute Gasteiger partial charge is 0.477 e. The van der Waals surface area contributed by atoms with Gasteiger partial charge in [0.1, 0.15) is 0 Å². The topological polar surface area (TPSA) is 37.3 Å². The van der Waals surface area contributed by atoms with E-state index in [1.165, 1.54) is 13.0 Å². The standard InChI is InChI=1S/C11H12F2O2/c1-6-4-8(3)9(5-7(6)2)11(12,13)10(14)15/h4-5H,1-3H3,(H,14,15). The number of benzene rings is 1. The predicted molar refractivity (Wildman–Crippen MR) is 52.2 cm³/mol. The molecule has 0 aliphatic heterocycles. The summed E-state index contributed by atoms with van der Waals surface area (Å²) in [5.41, 5.74) is 1.40. The fraction of sp³-hybridized carbons (Fsp3) is 0.364. The minimum Gasteiger partial charge on any atom is -0.477 e. The van der Waals surface area contributed by atoms with E-state index < -0.39 is 17.5 Å². The highest BCUT2D eigenvalue weighted by molar-refractivity contribution is 5.78. The van der Waals surface area contributed by atoms with Crippen molar-refractivity contribution in [3.8, 4) is 0 Å². The molecule has 1 rings (SSSR count). The molecule has 0 saturated heterocycles. The molecular formula is C11H12F2O2. The number of hydrogen-bond acceptors (Lipinski definition) is 1. The fourth-order valence-electron chi connectivity index (χ4n) is 1.41. The van der Waals surface area contributed by atoms with Crippen molar-refractivity contribution in [2.45, 2.75) is 26.7 Å². The average Bonchev–Trinajstić information content (AvgIpc) is 2.10. The van der Waals surface area contributed by atoms with Crippen LogP contribution in [-0.2, 0) is 10.7 Å². The van der Waals surface area contributed by atoms with Crippen molar-refractivity contribution < 1.29 is 18.7 Å². The first-order valence-electron chi connectivity index (χ1n) is 4.46. The molecule has 0 aliphatic carbocycles. The second-order valence-electron chi connectivity index (χ2n) is 3.63. The highest BCUT2D eigenvalue weighted by Gasteiger charge is 2.42. The number of aryl methyl sites for hydroxylation is 3. The van der Waals surface area contributed by atoms with Crippen LogP contribution in [0.15, 0.2) is 12.1 Å². The van der Waals surface area contributed by atoms with E-state index in [1.54, 1.807) is 19.9 Å². The zero-order chi connectivity index (χ0) is 11.8. The van der Waals surface area contributed by atoms with Gasteiger partial charge < -0.3 is 5.11 Å². The van der Waals surface area contributed by atoms with Crippen LogP contribution in [0.3, 0.4) is 0 Å². The number of alkyl halides is 2. The number of carboxylic acid groups (broad SMARTS) is 1. The molecule has 0 aliphatic rings. The minimum absolute atomic E-state index is 0.297. The molecule has 0 fully saturated rings. The number of aliphatic carboxylic acids is 1. The zero-order valence-corrected chi connectivity index (χ0v) is 8.77. The molecule has 4 heteroatoms. The molecule has 82 valence electrons. The lowest BCUT2D eigenvalue weighted by molar-refractivity contribution is -0.166. The fourth-order valence-corrected chi connectivity index (χ4v) is 1.41. The van der Waals surface area contributed by atoms with Crippen LogP contribution in [0.1, 0.15) is 22.3 Å². The van der Waals surface area contributed by atoms with Crippen LogP contribution >= 0.6 is 0 Å². The molecule has 0 aromatic heterocycles.